The van der Waals surface area contributed by atoms with Crippen LogP contribution in [0.25, 0.3) is 10.9 Å². The van der Waals surface area contributed by atoms with Crippen molar-refractivity contribution in [1.29, 1.82) is 0 Å². The summed E-state index contributed by atoms with van der Waals surface area (Å²) in [6.07, 6.45) is -4.73. The van der Waals surface area contributed by atoms with Crippen LogP contribution < -0.4 is 5.32 Å². The summed E-state index contributed by atoms with van der Waals surface area (Å²) >= 11 is 0. The summed E-state index contributed by atoms with van der Waals surface area (Å²) in [4.78, 5) is 3.21. The van der Waals surface area contributed by atoms with Crippen molar-refractivity contribution in [2.75, 3.05) is 11.9 Å². The number of nitrogens with zero attached hydrogens (tertiary/aromatic N) is 1. The maximum absolute atomic E-state index is 14.1. The van der Waals surface area contributed by atoms with E-state index in [1.54, 1.807) is 6.92 Å². The molecule has 0 aliphatic heterocycles. The zero-order valence-corrected chi connectivity index (χ0v) is 10.7. The van der Waals surface area contributed by atoms with Crippen molar-refractivity contribution in [2.24, 2.45) is 0 Å². The number of pyridine rings is 1. The minimum atomic E-state index is -4.73. The number of halogens is 5. The lowest BCUT2D eigenvalue weighted by Gasteiger charge is -2.14. The van der Waals surface area contributed by atoms with Gasteiger partial charge in [0.25, 0.3) is 0 Å². The molecule has 0 fully saturated rings. The van der Waals surface area contributed by atoms with Crippen LogP contribution in [0.15, 0.2) is 12.1 Å². The molecular formula is C13H11F5N2. The molecule has 0 amide bonds. The second-order valence-corrected chi connectivity index (χ2v) is 4.30. The molecule has 0 saturated carbocycles. The minimum absolute atomic E-state index is 0.00992. The number of hydrogen-bond donors (Lipinski definition) is 1. The van der Waals surface area contributed by atoms with Gasteiger partial charge < -0.3 is 5.32 Å². The number of rotatable bonds is 2. The molecule has 108 valence electrons. The molecule has 0 bridgehead atoms. The van der Waals surface area contributed by atoms with E-state index in [2.05, 4.69) is 10.3 Å². The first kappa shape index (κ1) is 14.5. The van der Waals surface area contributed by atoms with E-state index < -0.39 is 29.0 Å². The molecule has 0 aliphatic carbocycles. The normalized spacial score (nSPS) is 11.9. The summed E-state index contributed by atoms with van der Waals surface area (Å²) in [5, 5.41) is 2.35. The van der Waals surface area contributed by atoms with Crippen molar-refractivity contribution in [3.8, 4) is 0 Å². The highest BCUT2D eigenvalue weighted by molar-refractivity contribution is 5.93. The predicted molar refractivity (Wildman–Crippen MR) is 65.6 cm³/mol. The first-order chi connectivity index (χ1) is 9.25. The number of hydrogen-bond acceptors (Lipinski definition) is 2. The van der Waals surface area contributed by atoms with E-state index in [0.717, 1.165) is 6.07 Å². The molecule has 0 aliphatic rings. The van der Waals surface area contributed by atoms with Crippen LogP contribution in [0.5, 0.6) is 0 Å². The number of aryl methyl sites for hydroxylation is 1. The molecular weight excluding hydrogens is 279 g/mol. The highest BCUT2D eigenvalue weighted by atomic mass is 19.4. The average molecular weight is 290 g/mol. The predicted octanol–water partition coefficient (Wildman–Crippen LogP) is 4.27. The standard InChI is InChI=1S/C13H11F5N2/c1-3-19-8-5-9(13(16,17)18)20-12-7(14)4-6(2)11(15)10(8)12/h4-5H,3H2,1-2H3,(H,19,20). The van der Waals surface area contributed by atoms with E-state index in [-0.39, 0.29) is 23.2 Å². The first-order valence-corrected chi connectivity index (χ1v) is 5.86. The van der Waals surface area contributed by atoms with Crippen LogP contribution in [-0.4, -0.2) is 11.5 Å². The molecule has 1 N–H and O–H groups in total. The van der Waals surface area contributed by atoms with Gasteiger partial charge in [-0.05, 0) is 31.5 Å². The van der Waals surface area contributed by atoms with Crippen LogP contribution in [0.4, 0.5) is 27.6 Å². The lowest BCUT2D eigenvalue weighted by atomic mass is 10.1. The fourth-order valence-corrected chi connectivity index (χ4v) is 1.93. The van der Waals surface area contributed by atoms with Crippen molar-refractivity contribution in [1.82, 2.24) is 4.98 Å². The van der Waals surface area contributed by atoms with Gasteiger partial charge in [0.05, 0.1) is 5.39 Å². The second kappa shape index (κ2) is 4.88. The molecule has 0 atom stereocenters. The molecule has 1 heterocycles. The van der Waals surface area contributed by atoms with Crippen LogP contribution in [0.1, 0.15) is 18.2 Å². The van der Waals surface area contributed by atoms with E-state index in [4.69, 9.17) is 0 Å². The maximum Gasteiger partial charge on any atom is 0.433 e. The van der Waals surface area contributed by atoms with Gasteiger partial charge in [-0.3, -0.25) is 0 Å². The van der Waals surface area contributed by atoms with Crippen molar-refractivity contribution >= 4 is 16.6 Å². The van der Waals surface area contributed by atoms with Crippen molar-refractivity contribution in [3.05, 3.63) is 35.0 Å². The van der Waals surface area contributed by atoms with Crippen molar-refractivity contribution in [3.63, 3.8) is 0 Å². The van der Waals surface area contributed by atoms with Gasteiger partial charge in [0.1, 0.15) is 22.8 Å². The Hall–Kier alpha value is -1.92. The van der Waals surface area contributed by atoms with Crippen LogP contribution in [0, 0.1) is 18.6 Å². The molecule has 20 heavy (non-hydrogen) atoms. The van der Waals surface area contributed by atoms with E-state index in [9.17, 15) is 22.0 Å². The van der Waals surface area contributed by atoms with Crippen molar-refractivity contribution in [2.45, 2.75) is 20.0 Å². The monoisotopic (exact) mass is 290 g/mol. The third-order valence-corrected chi connectivity index (χ3v) is 2.81. The van der Waals surface area contributed by atoms with E-state index in [1.807, 2.05) is 0 Å². The van der Waals surface area contributed by atoms with Gasteiger partial charge >= 0.3 is 6.18 Å². The smallest absolute Gasteiger partial charge is 0.385 e. The summed E-state index contributed by atoms with van der Waals surface area (Å²) in [5.41, 5.74) is -2.00. The Labute approximate surface area is 111 Å². The molecule has 1 aromatic heterocycles. The van der Waals surface area contributed by atoms with Crippen LogP contribution >= 0.6 is 0 Å². The quantitative estimate of drug-likeness (QED) is 0.835. The first-order valence-electron chi connectivity index (χ1n) is 5.86. The Morgan fingerprint density at radius 3 is 2.40 bits per heavy atom. The molecule has 2 aromatic rings. The van der Waals surface area contributed by atoms with Gasteiger partial charge in [-0.2, -0.15) is 13.2 Å². The zero-order valence-electron chi connectivity index (χ0n) is 10.7. The fourth-order valence-electron chi connectivity index (χ4n) is 1.93. The number of anilines is 1. The molecule has 0 radical (unpaired) electrons. The maximum atomic E-state index is 14.1. The van der Waals surface area contributed by atoms with Crippen LogP contribution in [0.3, 0.4) is 0 Å². The number of aromatic nitrogens is 1. The lowest BCUT2D eigenvalue weighted by Crippen LogP contribution is -2.11. The van der Waals surface area contributed by atoms with E-state index >= 15 is 0 Å². The largest absolute Gasteiger partial charge is 0.433 e. The van der Waals surface area contributed by atoms with Gasteiger partial charge in [0.15, 0.2) is 0 Å². The number of benzene rings is 1. The van der Waals surface area contributed by atoms with Gasteiger partial charge in [-0.1, -0.05) is 0 Å². The van der Waals surface area contributed by atoms with Crippen molar-refractivity contribution < 1.29 is 22.0 Å². The van der Waals surface area contributed by atoms with Gasteiger partial charge in [0.2, 0.25) is 0 Å². The second-order valence-electron chi connectivity index (χ2n) is 4.30. The Balaban J connectivity index is 2.89. The number of fused-ring (bicyclic) bond motifs is 1. The number of alkyl halides is 3. The van der Waals surface area contributed by atoms with Crippen LogP contribution in [0.2, 0.25) is 0 Å². The SMILES string of the molecule is CCNc1cc(C(F)(F)F)nc2c(F)cc(C)c(F)c12. The van der Waals surface area contributed by atoms with Gasteiger partial charge in [0, 0.05) is 12.2 Å². The van der Waals surface area contributed by atoms with Crippen LogP contribution in [-0.2, 0) is 6.18 Å². The lowest BCUT2D eigenvalue weighted by molar-refractivity contribution is -0.140. The Morgan fingerprint density at radius 2 is 1.85 bits per heavy atom. The summed E-state index contributed by atoms with van der Waals surface area (Å²) in [7, 11) is 0. The molecule has 7 heteroatoms. The van der Waals surface area contributed by atoms with Gasteiger partial charge in [-0.25, -0.2) is 13.8 Å². The number of nitrogens with one attached hydrogen (secondary N) is 1. The summed E-state index contributed by atoms with van der Waals surface area (Å²) in [6, 6.07) is 1.52. The Kier molecular flexibility index (Phi) is 3.54. The molecule has 2 nitrogen and oxygen atoms in total. The molecule has 2 rings (SSSR count). The summed E-state index contributed by atoms with van der Waals surface area (Å²) in [5.74, 6) is -1.76. The van der Waals surface area contributed by atoms with E-state index in [1.165, 1.54) is 6.92 Å². The minimum Gasteiger partial charge on any atom is -0.385 e. The summed E-state index contributed by atoms with van der Waals surface area (Å²) in [6.45, 7) is 3.25. The topological polar surface area (TPSA) is 24.9 Å². The highest BCUT2D eigenvalue weighted by Crippen LogP contribution is 2.35. The molecule has 1 aromatic carbocycles. The Bertz CT molecular complexity index is 664. The fraction of sp³-hybridized carbons (Fsp3) is 0.308. The third kappa shape index (κ3) is 2.39. The van der Waals surface area contributed by atoms with E-state index in [0.29, 0.717) is 6.07 Å². The zero-order chi connectivity index (χ0) is 15.1. The average Bonchev–Trinajstić information content (AvgIpc) is 2.34. The van der Waals surface area contributed by atoms with Gasteiger partial charge in [-0.15, -0.1) is 0 Å². The highest BCUT2D eigenvalue weighted by Gasteiger charge is 2.34. The molecule has 0 spiro atoms. The summed E-state index contributed by atoms with van der Waals surface area (Å²) < 4.78 is 66.1. The third-order valence-electron chi connectivity index (χ3n) is 2.81. The molecule has 0 saturated heterocycles. The molecule has 0 unspecified atom stereocenters. The Morgan fingerprint density at radius 1 is 1.20 bits per heavy atom.